The number of nitrogens with one attached hydrogen (secondary N) is 2. The van der Waals surface area contributed by atoms with Gasteiger partial charge in [-0.1, -0.05) is 18.6 Å². The Bertz CT molecular complexity index is 513. The lowest BCUT2D eigenvalue weighted by molar-refractivity contribution is 0.220. The number of likely N-dealkylation sites (tertiary alicyclic amines) is 1. The smallest absolute Gasteiger partial charge is 0.314 e. The van der Waals surface area contributed by atoms with Crippen LogP contribution >= 0.6 is 0 Å². The van der Waals surface area contributed by atoms with Gasteiger partial charge < -0.3 is 15.4 Å². The molecule has 1 aromatic rings. The van der Waals surface area contributed by atoms with Crippen molar-refractivity contribution in [2.45, 2.75) is 58.5 Å². The van der Waals surface area contributed by atoms with Crippen molar-refractivity contribution in [1.82, 2.24) is 15.5 Å². The van der Waals surface area contributed by atoms with Crippen molar-refractivity contribution in [1.29, 1.82) is 0 Å². The zero-order valence-electron chi connectivity index (χ0n) is 15.7. The molecule has 2 N–H and O–H groups in total. The summed E-state index contributed by atoms with van der Waals surface area (Å²) in [5, 5.41) is 5.67. The summed E-state index contributed by atoms with van der Waals surface area (Å²) in [6.45, 7) is 8.70. The van der Waals surface area contributed by atoms with Gasteiger partial charge in [0.1, 0.15) is 5.75 Å². The highest BCUT2D eigenvalue weighted by Crippen LogP contribution is 2.17. The highest BCUT2D eigenvalue weighted by atomic mass is 16.5. The largest absolute Gasteiger partial charge is 0.494 e. The molecule has 0 aromatic heterocycles. The minimum Gasteiger partial charge on any atom is -0.494 e. The van der Waals surface area contributed by atoms with Crippen LogP contribution in [0, 0.1) is 0 Å². The molecule has 1 aliphatic heterocycles. The number of carbonyl (C=O) groups excluding carboxylic acids is 1. The third-order valence-corrected chi connectivity index (χ3v) is 4.30. The molecule has 0 spiro atoms. The van der Waals surface area contributed by atoms with E-state index in [4.69, 9.17) is 4.74 Å². The quantitative estimate of drug-likeness (QED) is 0.672. The monoisotopic (exact) mass is 347 g/mol. The number of hydrogen-bond donors (Lipinski definition) is 2. The standard InChI is InChI=1S/C20H33N3O2/c1-17(2)22-20(24)21-11-4-7-14-25-19-10-8-9-18(15-19)16-23-12-5-3-6-13-23/h8-10,15,17H,3-7,11-14,16H2,1-2H3,(H2,21,22,24). The van der Waals surface area contributed by atoms with Crippen LogP contribution in [-0.2, 0) is 6.54 Å². The van der Waals surface area contributed by atoms with Gasteiger partial charge in [0.15, 0.2) is 0 Å². The van der Waals surface area contributed by atoms with E-state index in [-0.39, 0.29) is 12.1 Å². The number of rotatable bonds is 9. The van der Waals surface area contributed by atoms with Gasteiger partial charge in [-0.3, -0.25) is 4.90 Å². The third kappa shape index (κ3) is 8.25. The van der Waals surface area contributed by atoms with Gasteiger partial charge in [-0.15, -0.1) is 0 Å². The lowest BCUT2D eigenvalue weighted by Crippen LogP contribution is -2.39. The van der Waals surface area contributed by atoms with Crippen LogP contribution in [0.2, 0.25) is 0 Å². The molecule has 0 unspecified atom stereocenters. The summed E-state index contributed by atoms with van der Waals surface area (Å²) in [6, 6.07) is 8.50. The molecular formula is C20H33N3O2. The predicted octanol–water partition coefficient (Wildman–Crippen LogP) is 3.54. The Morgan fingerprint density at radius 2 is 2.00 bits per heavy atom. The van der Waals surface area contributed by atoms with Crippen LogP contribution in [0.1, 0.15) is 51.5 Å². The van der Waals surface area contributed by atoms with Gasteiger partial charge >= 0.3 is 6.03 Å². The second-order valence-electron chi connectivity index (χ2n) is 7.09. The van der Waals surface area contributed by atoms with Crippen molar-refractivity contribution in [3.63, 3.8) is 0 Å². The number of piperidine rings is 1. The topological polar surface area (TPSA) is 53.6 Å². The van der Waals surface area contributed by atoms with Gasteiger partial charge in [-0.2, -0.15) is 0 Å². The van der Waals surface area contributed by atoms with Crippen LogP contribution in [0.5, 0.6) is 5.75 Å². The summed E-state index contributed by atoms with van der Waals surface area (Å²) < 4.78 is 5.86. The summed E-state index contributed by atoms with van der Waals surface area (Å²) in [7, 11) is 0. The lowest BCUT2D eigenvalue weighted by Gasteiger charge is -2.26. The molecule has 2 rings (SSSR count). The maximum Gasteiger partial charge on any atom is 0.314 e. The molecule has 0 bridgehead atoms. The fourth-order valence-electron chi connectivity index (χ4n) is 3.04. The van der Waals surface area contributed by atoms with Crippen molar-refractivity contribution < 1.29 is 9.53 Å². The number of benzene rings is 1. The fraction of sp³-hybridized carbons (Fsp3) is 0.650. The van der Waals surface area contributed by atoms with E-state index in [0.29, 0.717) is 13.2 Å². The van der Waals surface area contributed by atoms with E-state index in [1.165, 1.54) is 37.9 Å². The van der Waals surface area contributed by atoms with Crippen LogP contribution in [0.3, 0.4) is 0 Å². The molecule has 0 atom stereocenters. The minimum atomic E-state index is -0.0960. The maximum atomic E-state index is 11.5. The number of hydrogen-bond acceptors (Lipinski definition) is 3. The van der Waals surface area contributed by atoms with E-state index >= 15 is 0 Å². The normalized spacial score (nSPS) is 15.2. The van der Waals surface area contributed by atoms with Crippen LogP contribution < -0.4 is 15.4 Å². The van der Waals surface area contributed by atoms with Crippen LogP contribution in [-0.4, -0.2) is 43.2 Å². The molecule has 0 radical (unpaired) electrons. The van der Waals surface area contributed by atoms with Crippen molar-refractivity contribution in [2.75, 3.05) is 26.2 Å². The second-order valence-corrected chi connectivity index (χ2v) is 7.09. The number of carbonyl (C=O) groups is 1. The molecule has 0 aliphatic carbocycles. The Morgan fingerprint density at radius 3 is 2.76 bits per heavy atom. The Morgan fingerprint density at radius 1 is 1.20 bits per heavy atom. The third-order valence-electron chi connectivity index (χ3n) is 4.30. The second kappa shape index (κ2) is 11.0. The molecule has 1 fully saturated rings. The number of urea groups is 1. The summed E-state index contributed by atoms with van der Waals surface area (Å²) in [5.41, 5.74) is 1.33. The van der Waals surface area contributed by atoms with Gasteiger partial charge in [-0.05, 0) is 70.3 Å². The lowest BCUT2D eigenvalue weighted by atomic mass is 10.1. The molecule has 0 saturated carbocycles. The van der Waals surface area contributed by atoms with Crippen molar-refractivity contribution in [2.24, 2.45) is 0 Å². The first-order valence-corrected chi connectivity index (χ1v) is 9.62. The molecule has 140 valence electrons. The predicted molar refractivity (Wildman–Crippen MR) is 102 cm³/mol. The molecule has 5 nitrogen and oxygen atoms in total. The van der Waals surface area contributed by atoms with Gasteiger partial charge in [0.2, 0.25) is 0 Å². The summed E-state index contributed by atoms with van der Waals surface area (Å²) in [5.74, 6) is 0.944. The fourth-order valence-corrected chi connectivity index (χ4v) is 3.04. The average Bonchev–Trinajstić information content (AvgIpc) is 2.58. The van der Waals surface area contributed by atoms with E-state index < -0.39 is 0 Å². The van der Waals surface area contributed by atoms with Crippen LogP contribution in [0.4, 0.5) is 4.79 Å². The first-order chi connectivity index (χ1) is 12.1. The minimum absolute atomic E-state index is 0.0960. The first-order valence-electron chi connectivity index (χ1n) is 9.62. The summed E-state index contributed by atoms with van der Waals surface area (Å²) >= 11 is 0. The maximum absolute atomic E-state index is 11.5. The van der Waals surface area contributed by atoms with Crippen LogP contribution in [0.15, 0.2) is 24.3 Å². The molecule has 2 amide bonds. The highest BCUT2D eigenvalue weighted by molar-refractivity contribution is 5.73. The Kier molecular flexibility index (Phi) is 8.60. The molecule has 25 heavy (non-hydrogen) atoms. The molecule has 1 aromatic carbocycles. The molecule has 1 saturated heterocycles. The van der Waals surface area contributed by atoms with Gasteiger partial charge in [0.05, 0.1) is 6.61 Å². The Balaban J connectivity index is 1.60. The zero-order valence-corrected chi connectivity index (χ0v) is 15.7. The van der Waals surface area contributed by atoms with Crippen molar-refractivity contribution >= 4 is 6.03 Å². The van der Waals surface area contributed by atoms with Gasteiger partial charge in [0, 0.05) is 19.1 Å². The van der Waals surface area contributed by atoms with E-state index in [1.54, 1.807) is 0 Å². The average molecular weight is 348 g/mol. The SMILES string of the molecule is CC(C)NC(=O)NCCCCOc1cccc(CN2CCCCC2)c1. The summed E-state index contributed by atoms with van der Waals surface area (Å²) in [4.78, 5) is 14.0. The van der Waals surface area contributed by atoms with E-state index in [0.717, 1.165) is 25.1 Å². The zero-order chi connectivity index (χ0) is 17.9. The number of unbranched alkanes of at least 4 members (excludes halogenated alkanes) is 1. The molecule has 5 heteroatoms. The number of nitrogens with zero attached hydrogens (tertiary/aromatic N) is 1. The Hall–Kier alpha value is -1.75. The van der Waals surface area contributed by atoms with Gasteiger partial charge in [-0.25, -0.2) is 4.79 Å². The molecule has 1 aliphatic rings. The highest BCUT2D eigenvalue weighted by Gasteiger charge is 2.10. The van der Waals surface area contributed by atoms with E-state index in [1.807, 2.05) is 19.9 Å². The van der Waals surface area contributed by atoms with E-state index in [2.05, 4.69) is 33.7 Å². The molecule has 1 heterocycles. The first kappa shape index (κ1) is 19.6. The van der Waals surface area contributed by atoms with Gasteiger partial charge in [0.25, 0.3) is 0 Å². The summed E-state index contributed by atoms with van der Waals surface area (Å²) in [6.07, 6.45) is 5.85. The van der Waals surface area contributed by atoms with Crippen molar-refractivity contribution in [3.05, 3.63) is 29.8 Å². The Labute approximate surface area is 152 Å². The van der Waals surface area contributed by atoms with Crippen molar-refractivity contribution in [3.8, 4) is 5.75 Å². The number of amides is 2. The van der Waals surface area contributed by atoms with E-state index in [9.17, 15) is 4.79 Å². The van der Waals surface area contributed by atoms with Crippen LogP contribution in [0.25, 0.3) is 0 Å². The molecular weight excluding hydrogens is 314 g/mol. The number of ether oxygens (including phenoxy) is 1.